The molecule has 2 heteroatoms. The topological polar surface area (TPSA) is 26.3 Å². The monoisotopic (exact) mass is 266 g/mol. The van der Waals surface area contributed by atoms with Crippen molar-refractivity contribution in [2.75, 3.05) is 7.11 Å². The van der Waals surface area contributed by atoms with Crippen molar-refractivity contribution in [3.63, 3.8) is 0 Å². The molecule has 2 fully saturated rings. The van der Waals surface area contributed by atoms with Crippen LogP contribution in [-0.4, -0.2) is 19.0 Å². The molecule has 0 aromatic carbocycles. The average molecular weight is 266 g/mol. The first kappa shape index (κ1) is 15.0. The Kier molecular flexibility index (Phi) is 4.70. The number of carbonyl (C=O) groups is 1. The number of hydrogen-bond donors (Lipinski definition) is 0. The van der Waals surface area contributed by atoms with Crippen molar-refractivity contribution in [1.82, 2.24) is 0 Å². The highest BCUT2D eigenvalue weighted by molar-refractivity contribution is 5.82. The van der Waals surface area contributed by atoms with Crippen LogP contribution >= 0.6 is 0 Å². The first-order chi connectivity index (χ1) is 8.91. The highest BCUT2D eigenvalue weighted by atomic mass is 16.5. The second-order valence-corrected chi connectivity index (χ2v) is 7.69. The van der Waals surface area contributed by atoms with Gasteiger partial charge in [0.15, 0.2) is 0 Å². The molecular weight excluding hydrogens is 236 g/mol. The van der Waals surface area contributed by atoms with Crippen LogP contribution in [-0.2, 0) is 9.53 Å². The Morgan fingerprint density at radius 3 is 2.47 bits per heavy atom. The maximum absolute atomic E-state index is 12.3. The minimum absolute atomic E-state index is 0.316. The number of Topliss-reactive ketones (excluding diaryl/α,β-unsaturated/α-hetero) is 1. The third-order valence-corrected chi connectivity index (χ3v) is 5.48. The molecule has 0 heterocycles. The largest absolute Gasteiger partial charge is 0.381 e. The Morgan fingerprint density at radius 2 is 1.84 bits per heavy atom. The SMILES string of the molecule is COC1CCCC(C2CC(C(C)(C)C)CCC2=O)C1. The second kappa shape index (κ2) is 5.95. The Labute approximate surface area is 118 Å². The van der Waals surface area contributed by atoms with E-state index in [0.717, 1.165) is 25.7 Å². The van der Waals surface area contributed by atoms with Crippen LogP contribution in [0.5, 0.6) is 0 Å². The molecule has 0 radical (unpaired) electrons. The molecule has 4 unspecified atom stereocenters. The third-order valence-electron chi connectivity index (χ3n) is 5.48. The lowest BCUT2D eigenvalue weighted by molar-refractivity contribution is -0.130. The van der Waals surface area contributed by atoms with E-state index in [0.29, 0.717) is 35.1 Å². The molecule has 0 aliphatic heterocycles. The van der Waals surface area contributed by atoms with Crippen LogP contribution in [0.1, 0.15) is 65.7 Å². The first-order valence-electron chi connectivity index (χ1n) is 7.97. The van der Waals surface area contributed by atoms with Crippen LogP contribution in [0.15, 0.2) is 0 Å². The summed E-state index contributed by atoms with van der Waals surface area (Å²) in [6, 6.07) is 0. The van der Waals surface area contributed by atoms with Gasteiger partial charge in [-0.1, -0.05) is 27.2 Å². The Bertz CT molecular complexity index is 316. The molecule has 0 aromatic heterocycles. The van der Waals surface area contributed by atoms with Crippen LogP contribution in [0.25, 0.3) is 0 Å². The van der Waals surface area contributed by atoms with Gasteiger partial charge in [-0.05, 0) is 49.4 Å². The van der Waals surface area contributed by atoms with Gasteiger partial charge in [-0.25, -0.2) is 0 Å². The van der Waals surface area contributed by atoms with Crippen LogP contribution < -0.4 is 0 Å². The van der Waals surface area contributed by atoms with Crippen LogP contribution in [0.3, 0.4) is 0 Å². The maximum Gasteiger partial charge on any atom is 0.136 e. The molecule has 0 bridgehead atoms. The predicted molar refractivity (Wildman–Crippen MR) is 78.0 cm³/mol. The summed E-state index contributed by atoms with van der Waals surface area (Å²) in [5, 5.41) is 0. The number of hydrogen-bond acceptors (Lipinski definition) is 2. The van der Waals surface area contributed by atoms with Gasteiger partial charge in [-0.15, -0.1) is 0 Å². The van der Waals surface area contributed by atoms with Crippen molar-refractivity contribution < 1.29 is 9.53 Å². The predicted octanol–water partition coefficient (Wildman–Crippen LogP) is 4.22. The smallest absolute Gasteiger partial charge is 0.136 e. The molecule has 2 rings (SSSR count). The molecule has 0 aromatic rings. The minimum Gasteiger partial charge on any atom is -0.381 e. The van der Waals surface area contributed by atoms with Crippen molar-refractivity contribution in [3.8, 4) is 0 Å². The summed E-state index contributed by atoms with van der Waals surface area (Å²) in [6.45, 7) is 6.97. The summed E-state index contributed by atoms with van der Waals surface area (Å²) in [5.41, 5.74) is 0.342. The molecule has 0 spiro atoms. The zero-order valence-corrected chi connectivity index (χ0v) is 13.1. The summed E-state index contributed by atoms with van der Waals surface area (Å²) in [6.07, 6.45) is 8.14. The van der Waals surface area contributed by atoms with E-state index < -0.39 is 0 Å². The van der Waals surface area contributed by atoms with Gasteiger partial charge in [0.05, 0.1) is 6.10 Å². The van der Waals surface area contributed by atoms with Gasteiger partial charge < -0.3 is 4.74 Å². The summed E-state index contributed by atoms with van der Waals surface area (Å²) in [7, 11) is 1.81. The van der Waals surface area contributed by atoms with Gasteiger partial charge in [-0.3, -0.25) is 4.79 Å². The highest BCUT2D eigenvalue weighted by Gasteiger charge is 2.39. The van der Waals surface area contributed by atoms with Gasteiger partial charge >= 0.3 is 0 Å². The molecule has 2 aliphatic carbocycles. The van der Waals surface area contributed by atoms with Gasteiger partial charge in [0.25, 0.3) is 0 Å². The summed E-state index contributed by atoms with van der Waals surface area (Å²) in [5.74, 6) is 2.13. The van der Waals surface area contributed by atoms with Gasteiger partial charge in [0, 0.05) is 19.4 Å². The van der Waals surface area contributed by atoms with E-state index in [1.54, 1.807) is 0 Å². The molecule has 4 atom stereocenters. The molecule has 2 saturated carbocycles. The van der Waals surface area contributed by atoms with Gasteiger partial charge in [0.1, 0.15) is 5.78 Å². The molecule has 0 saturated heterocycles. The van der Waals surface area contributed by atoms with E-state index in [9.17, 15) is 4.79 Å². The lowest BCUT2D eigenvalue weighted by Gasteiger charge is -2.41. The second-order valence-electron chi connectivity index (χ2n) is 7.69. The Hall–Kier alpha value is -0.370. The molecule has 2 nitrogen and oxygen atoms in total. The highest BCUT2D eigenvalue weighted by Crippen LogP contribution is 2.44. The average Bonchev–Trinajstić information content (AvgIpc) is 2.38. The fourth-order valence-electron chi connectivity index (χ4n) is 4.06. The van der Waals surface area contributed by atoms with E-state index in [-0.39, 0.29) is 0 Å². The quantitative estimate of drug-likeness (QED) is 0.748. The minimum atomic E-state index is 0.316. The van der Waals surface area contributed by atoms with Crippen molar-refractivity contribution in [2.45, 2.75) is 71.8 Å². The molecule has 0 amide bonds. The summed E-state index contributed by atoms with van der Waals surface area (Å²) in [4.78, 5) is 12.3. The number of rotatable bonds is 2. The van der Waals surface area contributed by atoms with E-state index in [2.05, 4.69) is 20.8 Å². The van der Waals surface area contributed by atoms with Crippen molar-refractivity contribution in [3.05, 3.63) is 0 Å². The fourth-order valence-corrected chi connectivity index (χ4v) is 4.06. The number of ether oxygens (including phenoxy) is 1. The summed E-state index contributed by atoms with van der Waals surface area (Å²) >= 11 is 0. The fraction of sp³-hybridized carbons (Fsp3) is 0.941. The Morgan fingerprint density at radius 1 is 1.11 bits per heavy atom. The maximum atomic E-state index is 12.3. The number of carbonyl (C=O) groups excluding carboxylic acids is 1. The lowest BCUT2D eigenvalue weighted by Crippen LogP contribution is -2.38. The van der Waals surface area contributed by atoms with Crippen LogP contribution in [0, 0.1) is 23.2 Å². The zero-order chi connectivity index (χ0) is 14.0. The van der Waals surface area contributed by atoms with Crippen molar-refractivity contribution >= 4 is 5.78 Å². The molecule has 110 valence electrons. The van der Waals surface area contributed by atoms with E-state index >= 15 is 0 Å². The van der Waals surface area contributed by atoms with E-state index in [1.165, 1.54) is 19.3 Å². The third kappa shape index (κ3) is 3.59. The van der Waals surface area contributed by atoms with Crippen molar-refractivity contribution in [2.24, 2.45) is 23.2 Å². The molecule has 19 heavy (non-hydrogen) atoms. The zero-order valence-electron chi connectivity index (χ0n) is 13.1. The lowest BCUT2D eigenvalue weighted by atomic mass is 9.63. The van der Waals surface area contributed by atoms with Crippen molar-refractivity contribution in [1.29, 1.82) is 0 Å². The van der Waals surface area contributed by atoms with Crippen LogP contribution in [0.4, 0.5) is 0 Å². The molecule has 0 N–H and O–H groups in total. The van der Waals surface area contributed by atoms with E-state index in [1.807, 2.05) is 7.11 Å². The standard InChI is InChI=1S/C17H30O2/c1-17(2,3)13-8-9-16(18)15(11-13)12-6-5-7-14(10-12)19-4/h12-15H,5-11H2,1-4H3. The summed E-state index contributed by atoms with van der Waals surface area (Å²) < 4.78 is 5.53. The Balaban J connectivity index is 2.02. The molecular formula is C17H30O2. The van der Waals surface area contributed by atoms with Crippen LogP contribution in [0.2, 0.25) is 0 Å². The first-order valence-corrected chi connectivity index (χ1v) is 7.97. The molecule has 2 aliphatic rings. The van der Waals surface area contributed by atoms with Gasteiger partial charge in [-0.2, -0.15) is 0 Å². The van der Waals surface area contributed by atoms with Gasteiger partial charge in [0.2, 0.25) is 0 Å². The number of methoxy groups -OCH3 is 1. The number of ketones is 1. The van der Waals surface area contributed by atoms with E-state index in [4.69, 9.17) is 4.74 Å². The normalized spacial score (nSPS) is 37.4.